The molecule has 0 amide bonds. The minimum Gasteiger partial charge on any atom is -0.298 e. The van der Waals surface area contributed by atoms with Gasteiger partial charge in [0.15, 0.2) is 0 Å². The lowest BCUT2D eigenvalue weighted by molar-refractivity contribution is 0.292. The van der Waals surface area contributed by atoms with Crippen LogP contribution < -0.4 is 5.73 Å². The maximum Gasteiger partial charge on any atom is 0.144 e. The van der Waals surface area contributed by atoms with Gasteiger partial charge in [0.05, 0.1) is 5.69 Å². The topological polar surface area (TPSA) is 39.9 Å². The van der Waals surface area contributed by atoms with Crippen LogP contribution in [0.5, 0.6) is 0 Å². The highest BCUT2D eigenvalue weighted by Gasteiger charge is 2.01. The summed E-state index contributed by atoms with van der Waals surface area (Å²) in [6.45, 7) is 7.17. The Bertz CT molecular complexity index is 256. The molecule has 0 spiro atoms. The molecule has 0 aliphatic carbocycles. The first kappa shape index (κ1) is 9.99. The predicted octanol–water partition coefficient (Wildman–Crippen LogP) is 1.84. The van der Waals surface area contributed by atoms with E-state index in [1.807, 2.05) is 12.1 Å². The number of nitrogens with one attached hydrogen (secondary N) is 1. The van der Waals surface area contributed by atoms with Gasteiger partial charge in [-0.15, -0.1) is 0 Å². The van der Waals surface area contributed by atoms with Crippen molar-refractivity contribution in [1.29, 1.82) is 0 Å². The minimum absolute atomic E-state index is 0.352. The van der Waals surface area contributed by atoms with Gasteiger partial charge < -0.3 is 0 Å². The van der Waals surface area contributed by atoms with Crippen LogP contribution >= 0.6 is 0 Å². The number of aromatic nitrogens is 1. The summed E-state index contributed by atoms with van der Waals surface area (Å²) < 4.78 is 0. The highest BCUT2D eigenvalue weighted by atomic mass is 15.1. The fourth-order valence-corrected chi connectivity index (χ4v) is 1.24. The van der Waals surface area contributed by atoms with E-state index in [1.165, 1.54) is 0 Å². The maximum absolute atomic E-state index is 7.36. The van der Waals surface area contributed by atoms with Gasteiger partial charge in [0.1, 0.15) is 5.82 Å². The molecule has 71 valence electrons. The summed E-state index contributed by atoms with van der Waals surface area (Å²) in [6.07, 6.45) is 0. The Balaban J connectivity index is 2.62. The molecule has 1 N–H and O–H groups in total. The quantitative estimate of drug-likeness (QED) is 0.705. The van der Waals surface area contributed by atoms with Crippen molar-refractivity contribution in [1.82, 2.24) is 15.6 Å². The van der Waals surface area contributed by atoms with Crippen LogP contribution in [0.1, 0.15) is 19.5 Å². The van der Waals surface area contributed by atoms with Crippen molar-refractivity contribution in [3.05, 3.63) is 23.9 Å². The molecule has 0 aliphatic heterocycles. The third-order valence-corrected chi connectivity index (χ3v) is 2.09. The Kier molecular flexibility index (Phi) is 3.71. The van der Waals surface area contributed by atoms with Crippen molar-refractivity contribution in [2.45, 2.75) is 20.4 Å². The molecule has 3 heteroatoms. The summed E-state index contributed by atoms with van der Waals surface area (Å²) in [7, 11) is 0. The van der Waals surface area contributed by atoms with Gasteiger partial charge in [0.2, 0.25) is 0 Å². The van der Waals surface area contributed by atoms with Crippen molar-refractivity contribution in [2.24, 2.45) is 0 Å². The smallest absolute Gasteiger partial charge is 0.144 e. The number of nitrogens with zero attached hydrogens (tertiary/aromatic N) is 2. The van der Waals surface area contributed by atoms with Gasteiger partial charge in [-0.3, -0.25) is 10.6 Å². The Labute approximate surface area is 79.6 Å². The molecule has 0 unspecified atom stereocenters. The molecular weight excluding hydrogens is 162 g/mol. The number of hydrogen-bond acceptors (Lipinski definition) is 2. The van der Waals surface area contributed by atoms with Crippen LogP contribution in [-0.2, 0) is 6.54 Å². The van der Waals surface area contributed by atoms with Crippen LogP contribution in [0.25, 0.3) is 0 Å². The lowest BCUT2D eigenvalue weighted by atomic mass is 10.3. The van der Waals surface area contributed by atoms with E-state index in [0.29, 0.717) is 5.82 Å². The summed E-state index contributed by atoms with van der Waals surface area (Å²) >= 11 is 0. The molecule has 0 bridgehead atoms. The lowest BCUT2D eigenvalue weighted by Crippen LogP contribution is -2.22. The Morgan fingerprint density at radius 3 is 2.54 bits per heavy atom. The van der Waals surface area contributed by atoms with Crippen molar-refractivity contribution in [2.75, 3.05) is 13.1 Å². The first-order chi connectivity index (χ1) is 6.26. The van der Waals surface area contributed by atoms with E-state index in [9.17, 15) is 0 Å². The third kappa shape index (κ3) is 3.03. The summed E-state index contributed by atoms with van der Waals surface area (Å²) in [5.74, 6) is 0.352. The molecule has 0 saturated carbocycles. The number of hydrogen-bond donors (Lipinski definition) is 0. The van der Waals surface area contributed by atoms with Crippen LogP contribution in [0.2, 0.25) is 0 Å². The van der Waals surface area contributed by atoms with Crippen molar-refractivity contribution in [3.8, 4) is 0 Å². The van der Waals surface area contributed by atoms with E-state index >= 15 is 0 Å². The van der Waals surface area contributed by atoms with Crippen molar-refractivity contribution in [3.63, 3.8) is 0 Å². The third-order valence-electron chi connectivity index (χ3n) is 2.09. The Hall–Kier alpha value is -1.09. The number of rotatable bonds is 4. The Morgan fingerprint density at radius 2 is 2.00 bits per heavy atom. The van der Waals surface area contributed by atoms with E-state index in [4.69, 9.17) is 5.73 Å². The zero-order valence-corrected chi connectivity index (χ0v) is 8.25. The zero-order chi connectivity index (χ0) is 9.68. The van der Waals surface area contributed by atoms with Gasteiger partial charge in [0.25, 0.3) is 0 Å². The second-order valence-electron chi connectivity index (χ2n) is 2.98. The van der Waals surface area contributed by atoms with Crippen LogP contribution in [0.3, 0.4) is 0 Å². The average Bonchev–Trinajstić information content (AvgIpc) is 2.14. The SMILES string of the molecule is CCN(CC)Cc1cccc([NH])n1. The van der Waals surface area contributed by atoms with Crippen LogP contribution in [0.4, 0.5) is 5.82 Å². The second-order valence-corrected chi connectivity index (χ2v) is 2.98. The van der Waals surface area contributed by atoms with Crippen LogP contribution in [0, 0.1) is 0 Å². The van der Waals surface area contributed by atoms with E-state index in [2.05, 4.69) is 23.7 Å². The molecular formula is C10H16N3. The van der Waals surface area contributed by atoms with E-state index < -0.39 is 0 Å². The van der Waals surface area contributed by atoms with Gasteiger partial charge >= 0.3 is 0 Å². The summed E-state index contributed by atoms with van der Waals surface area (Å²) in [4.78, 5) is 6.41. The largest absolute Gasteiger partial charge is 0.298 e. The molecule has 0 saturated heterocycles. The summed E-state index contributed by atoms with van der Waals surface area (Å²) in [5, 5.41) is 0. The lowest BCUT2D eigenvalue weighted by Gasteiger charge is -2.17. The van der Waals surface area contributed by atoms with Gasteiger partial charge in [-0.25, -0.2) is 4.98 Å². The molecule has 1 aromatic rings. The van der Waals surface area contributed by atoms with Crippen molar-refractivity contribution >= 4 is 5.82 Å². The van der Waals surface area contributed by atoms with Crippen LogP contribution in [-0.4, -0.2) is 23.0 Å². The fourth-order valence-electron chi connectivity index (χ4n) is 1.24. The van der Waals surface area contributed by atoms with Crippen molar-refractivity contribution < 1.29 is 0 Å². The monoisotopic (exact) mass is 178 g/mol. The average molecular weight is 178 g/mol. The van der Waals surface area contributed by atoms with Crippen LogP contribution in [0.15, 0.2) is 18.2 Å². The zero-order valence-electron chi connectivity index (χ0n) is 8.25. The van der Waals surface area contributed by atoms with Gasteiger partial charge in [0, 0.05) is 6.54 Å². The van der Waals surface area contributed by atoms with E-state index in [0.717, 1.165) is 25.3 Å². The molecule has 1 heterocycles. The van der Waals surface area contributed by atoms with Gasteiger partial charge in [-0.2, -0.15) is 0 Å². The highest BCUT2D eigenvalue weighted by Crippen LogP contribution is 2.04. The normalized spacial score (nSPS) is 10.7. The van der Waals surface area contributed by atoms with Gasteiger partial charge in [-0.05, 0) is 25.2 Å². The first-order valence-corrected chi connectivity index (χ1v) is 4.66. The number of pyridine rings is 1. The van der Waals surface area contributed by atoms with E-state index in [-0.39, 0.29) is 0 Å². The summed E-state index contributed by atoms with van der Waals surface area (Å²) in [5.41, 5.74) is 8.35. The maximum atomic E-state index is 7.36. The summed E-state index contributed by atoms with van der Waals surface area (Å²) in [6, 6.07) is 5.55. The fraction of sp³-hybridized carbons (Fsp3) is 0.500. The Morgan fingerprint density at radius 1 is 1.31 bits per heavy atom. The molecule has 0 aromatic carbocycles. The standard InChI is InChI=1S/C10H16N3/c1-3-13(4-2)8-9-6-5-7-10(11)12-9/h5-7,11H,3-4,8H2,1-2H3. The molecule has 0 aliphatic rings. The predicted molar refractivity (Wildman–Crippen MR) is 53.6 cm³/mol. The molecule has 1 rings (SSSR count). The molecule has 0 atom stereocenters. The molecule has 1 aromatic heterocycles. The molecule has 13 heavy (non-hydrogen) atoms. The second kappa shape index (κ2) is 4.82. The minimum atomic E-state index is 0.352. The highest BCUT2D eigenvalue weighted by molar-refractivity contribution is 5.24. The molecule has 3 nitrogen and oxygen atoms in total. The van der Waals surface area contributed by atoms with Gasteiger partial charge in [-0.1, -0.05) is 19.9 Å². The molecule has 1 radical (unpaired) electrons. The molecule has 0 fully saturated rings. The van der Waals surface area contributed by atoms with E-state index in [1.54, 1.807) is 6.07 Å². The first-order valence-electron chi connectivity index (χ1n) is 4.66.